The molecule has 0 radical (unpaired) electrons. The Kier molecular flexibility index (Phi) is 8.59. The van der Waals surface area contributed by atoms with E-state index in [1.807, 2.05) is 26.0 Å². The van der Waals surface area contributed by atoms with E-state index in [0.29, 0.717) is 17.5 Å². The Hall–Kier alpha value is -2.87. The maximum atomic E-state index is 12.9. The second-order valence-electron chi connectivity index (χ2n) is 9.88. The Morgan fingerprint density at radius 3 is 2.51 bits per heavy atom. The number of hydrogen-bond donors (Lipinski definition) is 1. The molecule has 1 N–H and O–H groups in total. The molecule has 0 bridgehead atoms. The molecular weight excluding hydrogens is 466 g/mol. The minimum atomic E-state index is -3.92. The molecule has 1 fully saturated rings. The van der Waals surface area contributed by atoms with Gasteiger partial charge in [0.1, 0.15) is 6.10 Å². The molecule has 3 unspecified atom stereocenters. The number of carbonyl (C=O) groups excluding carboxylic acids is 2. The molecular formula is C27H35NO6S. The summed E-state index contributed by atoms with van der Waals surface area (Å²) < 4.78 is 39.1. The summed E-state index contributed by atoms with van der Waals surface area (Å²) in [7, 11) is -3.92. The number of rotatable bonds is 8. The van der Waals surface area contributed by atoms with Crippen LogP contribution in [0.25, 0.3) is 0 Å². The van der Waals surface area contributed by atoms with Gasteiger partial charge in [-0.1, -0.05) is 51.0 Å². The van der Waals surface area contributed by atoms with Crippen LogP contribution in [-0.2, 0) is 24.3 Å². The molecule has 8 heteroatoms. The van der Waals surface area contributed by atoms with E-state index < -0.39 is 28.6 Å². The molecule has 0 heterocycles. The first-order valence-corrected chi connectivity index (χ1v) is 13.5. The van der Waals surface area contributed by atoms with Crippen LogP contribution in [0.4, 0.5) is 5.69 Å². The lowest BCUT2D eigenvalue weighted by Crippen LogP contribution is -2.36. The van der Waals surface area contributed by atoms with Crippen LogP contribution in [-0.4, -0.2) is 33.1 Å². The van der Waals surface area contributed by atoms with Crippen LogP contribution >= 0.6 is 0 Å². The van der Waals surface area contributed by atoms with Crippen LogP contribution in [0.3, 0.4) is 0 Å². The summed E-state index contributed by atoms with van der Waals surface area (Å²) in [5.41, 5.74) is 2.30. The number of esters is 2. The van der Waals surface area contributed by atoms with Gasteiger partial charge in [0.05, 0.1) is 16.1 Å². The van der Waals surface area contributed by atoms with Crippen molar-refractivity contribution in [1.82, 2.24) is 0 Å². The summed E-state index contributed by atoms with van der Waals surface area (Å²) in [5, 5.41) is 0. The molecule has 7 nitrogen and oxygen atoms in total. The summed E-state index contributed by atoms with van der Waals surface area (Å²) in [5.74, 6) is -0.221. The first-order chi connectivity index (χ1) is 16.5. The third kappa shape index (κ3) is 7.07. The maximum absolute atomic E-state index is 12.9. The van der Waals surface area contributed by atoms with E-state index in [1.54, 1.807) is 6.07 Å². The van der Waals surface area contributed by atoms with E-state index in [-0.39, 0.29) is 22.5 Å². The molecule has 0 aliphatic heterocycles. The van der Waals surface area contributed by atoms with Gasteiger partial charge in [0, 0.05) is 0 Å². The molecule has 3 rings (SSSR count). The van der Waals surface area contributed by atoms with Gasteiger partial charge < -0.3 is 9.47 Å². The van der Waals surface area contributed by atoms with Gasteiger partial charge in [0.15, 0.2) is 6.61 Å². The lowest BCUT2D eigenvalue weighted by molar-refractivity contribution is -0.159. The highest BCUT2D eigenvalue weighted by Crippen LogP contribution is 2.35. The molecule has 3 atom stereocenters. The Balaban J connectivity index is 1.62. The van der Waals surface area contributed by atoms with Crippen molar-refractivity contribution < 1.29 is 27.5 Å². The summed E-state index contributed by atoms with van der Waals surface area (Å²) in [4.78, 5) is 24.9. The zero-order valence-electron chi connectivity index (χ0n) is 21.0. The Morgan fingerprint density at radius 2 is 1.83 bits per heavy atom. The zero-order valence-corrected chi connectivity index (χ0v) is 21.9. The normalized spacial score (nSPS) is 20.3. The molecule has 1 aliphatic carbocycles. The molecule has 190 valence electrons. The maximum Gasteiger partial charge on any atom is 0.344 e. The summed E-state index contributed by atoms with van der Waals surface area (Å²) >= 11 is 0. The molecule has 0 aromatic heterocycles. The second-order valence-corrected chi connectivity index (χ2v) is 11.6. The molecule has 1 aliphatic rings. The van der Waals surface area contributed by atoms with E-state index in [0.717, 1.165) is 30.4 Å². The highest BCUT2D eigenvalue weighted by Gasteiger charge is 2.33. The number of ether oxygens (including phenoxy) is 2. The van der Waals surface area contributed by atoms with E-state index >= 15 is 0 Å². The van der Waals surface area contributed by atoms with Crippen LogP contribution < -0.4 is 4.72 Å². The van der Waals surface area contributed by atoms with Gasteiger partial charge >= 0.3 is 11.9 Å². The minimum absolute atomic E-state index is 0.0349. The highest BCUT2D eigenvalue weighted by atomic mass is 32.2. The van der Waals surface area contributed by atoms with E-state index in [1.165, 1.54) is 24.3 Å². The van der Waals surface area contributed by atoms with Gasteiger partial charge in [0.25, 0.3) is 10.0 Å². The van der Waals surface area contributed by atoms with Crippen molar-refractivity contribution in [1.29, 1.82) is 0 Å². The van der Waals surface area contributed by atoms with E-state index in [2.05, 4.69) is 25.5 Å². The molecule has 0 spiro atoms. The average molecular weight is 502 g/mol. The van der Waals surface area contributed by atoms with Crippen LogP contribution in [0.15, 0.2) is 47.4 Å². The van der Waals surface area contributed by atoms with E-state index in [9.17, 15) is 18.0 Å². The fourth-order valence-corrected chi connectivity index (χ4v) is 5.76. The van der Waals surface area contributed by atoms with Gasteiger partial charge in [-0.2, -0.15) is 0 Å². The molecule has 35 heavy (non-hydrogen) atoms. The van der Waals surface area contributed by atoms with Gasteiger partial charge in [-0.3, -0.25) is 4.72 Å². The lowest BCUT2D eigenvalue weighted by Gasteiger charge is -2.36. The first kappa shape index (κ1) is 26.7. The summed E-state index contributed by atoms with van der Waals surface area (Å²) in [6, 6.07) is 10.9. The number of anilines is 1. The fraction of sp³-hybridized carbons (Fsp3) is 0.481. The Labute approximate surface area is 208 Å². The van der Waals surface area contributed by atoms with Crippen molar-refractivity contribution in [2.24, 2.45) is 17.8 Å². The predicted molar refractivity (Wildman–Crippen MR) is 135 cm³/mol. The molecule has 0 amide bonds. The largest absolute Gasteiger partial charge is 0.460 e. The Morgan fingerprint density at radius 1 is 1.09 bits per heavy atom. The van der Waals surface area contributed by atoms with Gasteiger partial charge in [-0.05, 0) is 74.3 Å². The van der Waals surface area contributed by atoms with Crippen molar-refractivity contribution in [3.05, 3.63) is 59.2 Å². The minimum Gasteiger partial charge on any atom is -0.460 e. The summed E-state index contributed by atoms with van der Waals surface area (Å²) in [6.07, 6.45) is 2.74. The highest BCUT2D eigenvalue weighted by molar-refractivity contribution is 7.92. The lowest BCUT2D eigenvalue weighted by atomic mass is 9.75. The number of nitrogens with one attached hydrogen (secondary N) is 1. The number of aryl methyl sites for hydroxylation is 2. The van der Waals surface area contributed by atoms with E-state index in [4.69, 9.17) is 9.47 Å². The molecule has 1 saturated carbocycles. The second kappa shape index (κ2) is 11.2. The molecule has 0 saturated heterocycles. The van der Waals surface area contributed by atoms with Crippen molar-refractivity contribution in [3.8, 4) is 0 Å². The quantitative estimate of drug-likeness (QED) is 0.495. The summed E-state index contributed by atoms with van der Waals surface area (Å²) in [6.45, 7) is 9.61. The van der Waals surface area contributed by atoms with Crippen LogP contribution in [0, 0.1) is 31.6 Å². The number of carbonyl (C=O) groups is 2. The third-order valence-electron chi connectivity index (χ3n) is 6.57. The van der Waals surface area contributed by atoms with Crippen LogP contribution in [0.5, 0.6) is 0 Å². The van der Waals surface area contributed by atoms with Crippen LogP contribution in [0.2, 0.25) is 0 Å². The van der Waals surface area contributed by atoms with Crippen LogP contribution in [0.1, 0.15) is 61.5 Å². The SMILES string of the molecule is Cc1ccc(NS(=O)(=O)c2cccc(C(=O)OCC(=O)OC3CC(C)CCC3C(C)C)c2)c(C)c1. The van der Waals surface area contributed by atoms with Crippen molar-refractivity contribution in [2.75, 3.05) is 11.3 Å². The van der Waals surface area contributed by atoms with Gasteiger partial charge in [0.2, 0.25) is 0 Å². The van der Waals surface area contributed by atoms with Gasteiger partial charge in [-0.25, -0.2) is 18.0 Å². The number of hydrogen-bond acceptors (Lipinski definition) is 6. The monoisotopic (exact) mass is 501 g/mol. The first-order valence-electron chi connectivity index (χ1n) is 12.0. The molecule has 2 aromatic carbocycles. The van der Waals surface area contributed by atoms with Crippen molar-refractivity contribution in [3.63, 3.8) is 0 Å². The molecule has 2 aromatic rings. The number of benzene rings is 2. The Bertz CT molecular complexity index is 1170. The predicted octanol–water partition coefficient (Wildman–Crippen LogP) is 5.27. The number of sulfonamides is 1. The van der Waals surface area contributed by atoms with Crippen molar-refractivity contribution in [2.45, 2.75) is 64.9 Å². The van der Waals surface area contributed by atoms with Gasteiger partial charge in [-0.15, -0.1) is 0 Å². The standard InChI is InChI=1S/C27H35NO6S/c1-17(2)23-11-9-19(4)14-25(23)34-26(29)16-33-27(30)21-7-6-8-22(15-21)35(31,32)28-24-12-10-18(3)13-20(24)5/h6-8,10,12-13,15,17,19,23,25,28H,9,11,14,16H2,1-5H3. The zero-order chi connectivity index (χ0) is 25.8. The average Bonchev–Trinajstić information content (AvgIpc) is 2.79. The fourth-order valence-electron chi connectivity index (χ4n) is 4.58. The smallest absolute Gasteiger partial charge is 0.344 e. The van der Waals surface area contributed by atoms with Crippen molar-refractivity contribution >= 4 is 27.6 Å². The third-order valence-corrected chi connectivity index (χ3v) is 7.93. The topological polar surface area (TPSA) is 98.8 Å².